The van der Waals surface area contributed by atoms with Crippen LogP contribution in [0.1, 0.15) is 11.1 Å². The molecule has 0 aliphatic heterocycles. The zero-order valence-corrected chi connectivity index (χ0v) is 16.7. The third kappa shape index (κ3) is 2.76. The minimum absolute atomic E-state index is 0.171. The van der Waals surface area contributed by atoms with Crippen LogP contribution in [0.4, 0.5) is 0 Å². The second kappa shape index (κ2) is 6.84. The van der Waals surface area contributed by atoms with E-state index >= 15 is 0 Å². The number of methoxy groups -OCH3 is 2. The molecule has 8 heteroatoms. The quantitative estimate of drug-likeness (QED) is 0.492. The summed E-state index contributed by atoms with van der Waals surface area (Å²) in [6.45, 7) is 3.49. The van der Waals surface area contributed by atoms with Crippen molar-refractivity contribution < 1.29 is 28.5 Å². The number of fused-ring (bicyclic) bond motifs is 2. The summed E-state index contributed by atoms with van der Waals surface area (Å²) in [5.41, 5.74) is 1.24. The van der Waals surface area contributed by atoms with E-state index in [1.807, 2.05) is 0 Å². The summed E-state index contributed by atoms with van der Waals surface area (Å²) in [5, 5.41) is 21.5. The van der Waals surface area contributed by atoms with Crippen LogP contribution in [0.5, 0.6) is 23.0 Å². The molecule has 30 heavy (non-hydrogen) atoms. The predicted octanol–water partition coefficient (Wildman–Crippen LogP) is 3.61. The number of hydrogen-bond acceptors (Lipinski definition) is 8. The molecule has 0 aliphatic carbocycles. The van der Waals surface area contributed by atoms with Crippen LogP contribution in [0, 0.1) is 13.8 Å². The molecule has 0 amide bonds. The molecule has 0 saturated heterocycles. The largest absolute Gasteiger partial charge is 0.507 e. The normalized spacial score (nSPS) is 11.2. The van der Waals surface area contributed by atoms with E-state index in [9.17, 15) is 19.8 Å². The Bertz CT molecular complexity index is 1330. The zero-order chi connectivity index (χ0) is 21.7. The molecule has 2 heterocycles. The van der Waals surface area contributed by atoms with Gasteiger partial charge >= 0.3 is 11.3 Å². The summed E-state index contributed by atoms with van der Waals surface area (Å²) in [6.07, 6.45) is 0. The van der Waals surface area contributed by atoms with Crippen molar-refractivity contribution >= 4 is 21.9 Å². The topological polar surface area (TPSA) is 119 Å². The Labute approximate surface area is 169 Å². The summed E-state index contributed by atoms with van der Waals surface area (Å²) in [6, 6.07) is 5.01. The van der Waals surface area contributed by atoms with Crippen molar-refractivity contribution in [1.29, 1.82) is 0 Å². The van der Waals surface area contributed by atoms with Crippen molar-refractivity contribution in [2.24, 2.45) is 0 Å². The molecule has 0 unspecified atom stereocenters. The van der Waals surface area contributed by atoms with Crippen LogP contribution in [-0.2, 0) is 0 Å². The lowest BCUT2D eigenvalue weighted by Gasteiger charge is -2.20. The van der Waals surface area contributed by atoms with E-state index < -0.39 is 11.3 Å². The van der Waals surface area contributed by atoms with Gasteiger partial charge in [-0.2, -0.15) is 0 Å². The molecule has 0 spiro atoms. The van der Waals surface area contributed by atoms with E-state index in [2.05, 4.69) is 0 Å². The van der Waals surface area contributed by atoms with Gasteiger partial charge in [0.1, 0.15) is 34.2 Å². The number of benzene rings is 2. The first-order valence-corrected chi connectivity index (χ1v) is 8.96. The van der Waals surface area contributed by atoms with Crippen LogP contribution in [0.15, 0.2) is 42.7 Å². The first kappa shape index (κ1) is 19.4. The van der Waals surface area contributed by atoms with Crippen molar-refractivity contribution in [3.63, 3.8) is 0 Å². The van der Waals surface area contributed by atoms with Crippen LogP contribution in [-0.4, -0.2) is 24.4 Å². The van der Waals surface area contributed by atoms with Crippen molar-refractivity contribution in [3.05, 3.63) is 56.2 Å². The molecule has 4 aromatic rings. The van der Waals surface area contributed by atoms with Crippen molar-refractivity contribution in [1.82, 2.24) is 0 Å². The van der Waals surface area contributed by atoms with Gasteiger partial charge in [-0.1, -0.05) is 0 Å². The van der Waals surface area contributed by atoms with E-state index in [0.717, 1.165) is 12.1 Å². The van der Waals surface area contributed by atoms with Gasteiger partial charge in [-0.3, -0.25) is 0 Å². The average molecular weight is 410 g/mol. The van der Waals surface area contributed by atoms with Gasteiger partial charge in [0.15, 0.2) is 0 Å². The Morgan fingerprint density at radius 3 is 1.40 bits per heavy atom. The zero-order valence-electron chi connectivity index (χ0n) is 16.7. The Balaban J connectivity index is 2.22. The fourth-order valence-corrected chi connectivity index (χ4v) is 3.90. The van der Waals surface area contributed by atoms with Gasteiger partial charge in [0.2, 0.25) is 0 Å². The lowest BCUT2D eigenvalue weighted by molar-refractivity contribution is 0.408. The van der Waals surface area contributed by atoms with Gasteiger partial charge in [-0.05, 0) is 25.0 Å². The van der Waals surface area contributed by atoms with Crippen molar-refractivity contribution in [2.45, 2.75) is 13.8 Å². The fourth-order valence-electron chi connectivity index (χ4n) is 3.90. The summed E-state index contributed by atoms with van der Waals surface area (Å²) in [4.78, 5) is 23.4. The Morgan fingerprint density at radius 1 is 0.700 bits per heavy atom. The Kier molecular flexibility index (Phi) is 4.42. The Hall–Kier alpha value is -3.94. The minimum Gasteiger partial charge on any atom is -0.507 e. The molecule has 0 fully saturated rings. The molecule has 0 aliphatic rings. The van der Waals surface area contributed by atoms with Crippen LogP contribution in [0.3, 0.4) is 0 Å². The summed E-state index contributed by atoms with van der Waals surface area (Å²) < 4.78 is 21.6. The SMILES string of the molecule is COc1cc2oc(=O)cc(O)c2c(C)c1-c1c(OC)cc2oc(=O)cc(O)c2c1C. The van der Waals surface area contributed by atoms with Crippen LogP contribution in [0.2, 0.25) is 0 Å². The third-order valence-electron chi connectivity index (χ3n) is 5.14. The molecular formula is C22H18O8. The molecule has 0 saturated carbocycles. The highest BCUT2D eigenvalue weighted by Gasteiger charge is 2.24. The molecule has 0 atom stereocenters. The van der Waals surface area contributed by atoms with Crippen LogP contribution < -0.4 is 20.7 Å². The van der Waals surface area contributed by atoms with Gasteiger partial charge in [-0.25, -0.2) is 9.59 Å². The van der Waals surface area contributed by atoms with Crippen LogP contribution >= 0.6 is 0 Å². The number of rotatable bonds is 3. The molecule has 154 valence electrons. The second-order valence-corrected chi connectivity index (χ2v) is 6.81. The second-order valence-electron chi connectivity index (χ2n) is 6.81. The highest BCUT2D eigenvalue weighted by Crippen LogP contribution is 2.47. The first-order valence-electron chi connectivity index (χ1n) is 8.96. The van der Waals surface area contributed by atoms with E-state index in [1.165, 1.54) is 26.4 Å². The molecule has 0 radical (unpaired) electrons. The number of hydrogen-bond donors (Lipinski definition) is 2. The van der Waals surface area contributed by atoms with Gasteiger partial charge in [-0.15, -0.1) is 0 Å². The monoisotopic (exact) mass is 410 g/mol. The maximum Gasteiger partial charge on any atom is 0.339 e. The summed E-state index contributed by atoms with van der Waals surface area (Å²) in [5.74, 6) is 0.278. The highest BCUT2D eigenvalue weighted by atomic mass is 16.5. The van der Waals surface area contributed by atoms with Crippen molar-refractivity contribution in [2.75, 3.05) is 14.2 Å². The van der Waals surface area contributed by atoms with Gasteiger partial charge in [0, 0.05) is 23.3 Å². The highest BCUT2D eigenvalue weighted by molar-refractivity contribution is 6.01. The smallest absolute Gasteiger partial charge is 0.339 e. The molecule has 2 aromatic carbocycles. The fraction of sp³-hybridized carbons (Fsp3) is 0.182. The minimum atomic E-state index is -0.686. The summed E-state index contributed by atoms with van der Waals surface area (Å²) >= 11 is 0. The number of ether oxygens (including phenoxy) is 2. The maximum atomic E-state index is 11.7. The Morgan fingerprint density at radius 2 is 1.07 bits per heavy atom. The maximum absolute atomic E-state index is 11.7. The van der Waals surface area contributed by atoms with Gasteiger partial charge < -0.3 is 28.5 Å². The van der Waals surface area contributed by atoms with E-state index in [0.29, 0.717) is 44.5 Å². The third-order valence-corrected chi connectivity index (χ3v) is 5.14. The molecule has 2 aromatic heterocycles. The van der Waals surface area contributed by atoms with E-state index in [1.54, 1.807) is 13.8 Å². The lowest BCUT2D eigenvalue weighted by Crippen LogP contribution is -2.02. The lowest BCUT2D eigenvalue weighted by atomic mass is 9.90. The first-order chi connectivity index (χ1) is 14.3. The molecule has 4 rings (SSSR count). The molecular weight excluding hydrogens is 392 g/mol. The molecule has 0 bridgehead atoms. The molecule has 2 N–H and O–H groups in total. The predicted molar refractivity (Wildman–Crippen MR) is 110 cm³/mol. The standard InChI is InChI=1S/C22H18O8/c1-9-19-11(23)5-17(25)29-15(19)7-13(27-3)21(9)22-10(2)20-12(24)6-18(26)30-16(20)8-14(22)28-4/h5-8,23-24H,1-4H3. The molecule has 8 nitrogen and oxygen atoms in total. The summed E-state index contributed by atoms with van der Waals surface area (Å²) in [7, 11) is 2.93. The van der Waals surface area contributed by atoms with Gasteiger partial charge in [0.25, 0.3) is 0 Å². The number of aryl methyl sites for hydroxylation is 2. The average Bonchev–Trinajstić information content (AvgIpc) is 2.66. The van der Waals surface area contributed by atoms with E-state index in [-0.39, 0.29) is 22.7 Å². The van der Waals surface area contributed by atoms with Crippen LogP contribution in [0.25, 0.3) is 33.1 Å². The van der Waals surface area contributed by atoms with Gasteiger partial charge in [0.05, 0.1) is 37.1 Å². The van der Waals surface area contributed by atoms with Crippen molar-refractivity contribution in [3.8, 4) is 34.1 Å². The van der Waals surface area contributed by atoms with E-state index in [4.69, 9.17) is 18.3 Å². The number of aromatic hydroxyl groups is 2.